The van der Waals surface area contributed by atoms with Crippen molar-refractivity contribution < 1.29 is 51.8 Å². The third-order valence-electron chi connectivity index (χ3n) is 10.4. The molecule has 1 rings (SSSR count). The molecule has 0 spiro atoms. The van der Waals surface area contributed by atoms with Crippen LogP contribution in [0, 0.1) is 0 Å². The Morgan fingerprint density at radius 1 is 0.679 bits per heavy atom. The van der Waals surface area contributed by atoms with Gasteiger partial charge in [0, 0.05) is 6.42 Å². The molecule has 316 valence electrons. The molecule has 7 unspecified atom stereocenters. The first-order valence-corrected chi connectivity index (χ1v) is 22.8. The summed E-state index contributed by atoms with van der Waals surface area (Å²) >= 11 is 0. The van der Waals surface area contributed by atoms with Crippen molar-refractivity contribution >= 4 is 16.3 Å². The standard InChI is InChI=1S/C40H79NO11S/c1-3-5-7-9-11-13-15-16-17-18-20-22-24-26-28-30-36(44)41-33(34(43)29-27-25-23-21-19-14-12-10-8-6-4-2)32-50-40-38(46)39(52-53(47,48)49)37(45)35(31-42)51-40/h33-35,37-40,42-43,45-46H,3-32H2,1-2H3,(H,41,44)(H,47,48,49). The maximum atomic E-state index is 13.0. The Kier molecular flexibility index (Phi) is 30.5. The van der Waals surface area contributed by atoms with Gasteiger partial charge in [-0.3, -0.25) is 9.35 Å². The molecule has 1 fully saturated rings. The van der Waals surface area contributed by atoms with Crippen LogP contribution in [0.25, 0.3) is 0 Å². The molecule has 7 atom stereocenters. The quantitative estimate of drug-likeness (QED) is 0.0274. The molecule has 1 aliphatic heterocycles. The van der Waals surface area contributed by atoms with Crippen molar-refractivity contribution in [1.29, 1.82) is 0 Å². The lowest BCUT2D eigenvalue weighted by Gasteiger charge is -2.41. The summed E-state index contributed by atoms with van der Waals surface area (Å²) in [4.78, 5) is 13.0. The molecule has 0 saturated carbocycles. The highest BCUT2D eigenvalue weighted by Crippen LogP contribution is 2.26. The van der Waals surface area contributed by atoms with Gasteiger partial charge in [-0.15, -0.1) is 0 Å². The van der Waals surface area contributed by atoms with Gasteiger partial charge < -0.3 is 35.2 Å². The minimum Gasteiger partial charge on any atom is -0.394 e. The zero-order valence-corrected chi connectivity index (χ0v) is 34.2. The fraction of sp³-hybridized carbons (Fsp3) is 0.975. The highest BCUT2D eigenvalue weighted by atomic mass is 32.3. The minimum atomic E-state index is -5.07. The Hall–Kier alpha value is -0.900. The minimum absolute atomic E-state index is 0.229. The number of carbonyl (C=O) groups is 1. The average Bonchev–Trinajstić information content (AvgIpc) is 3.12. The van der Waals surface area contributed by atoms with E-state index in [9.17, 15) is 33.6 Å². The number of ether oxygens (including phenoxy) is 2. The number of nitrogens with one attached hydrogen (secondary N) is 1. The van der Waals surface area contributed by atoms with Crippen LogP contribution in [-0.2, 0) is 28.9 Å². The molecule has 0 aromatic heterocycles. The van der Waals surface area contributed by atoms with Crippen LogP contribution in [0.15, 0.2) is 0 Å². The predicted octanol–water partition coefficient (Wildman–Crippen LogP) is 7.44. The summed E-state index contributed by atoms with van der Waals surface area (Å²) in [5.74, 6) is -0.229. The van der Waals surface area contributed by atoms with E-state index >= 15 is 0 Å². The van der Waals surface area contributed by atoms with E-state index in [1.807, 2.05) is 0 Å². The smallest absolute Gasteiger partial charge is 0.394 e. The molecule has 1 aliphatic rings. The van der Waals surface area contributed by atoms with Crippen LogP contribution in [0.1, 0.15) is 194 Å². The van der Waals surface area contributed by atoms with Crippen LogP contribution in [0.2, 0.25) is 0 Å². The summed E-state index contributed by atoms with van der Waals surface area (Å²) in [6, 6.07) is -0.849. The Morgan fingerprint density at radius 3 is 1.51 bits per heavy atom. The Morgan fingerprint density at radius 2 is 1.09 bits per heavy atom. The molecule has 12 nitrogen and oxygen atoms in total. The molecule has 0 aromatic rings. The van der Waals surface area contributed by atoms with E-state index < -0.39 is 59.9 Å². The molecule has 13 heteroatoms. The van der Waals surface area contributed by atoms with Crippen LogP contribution in [0.5, 0.6) is 0 Å². The van der Waals surface area contributed by atoms with E-state index in [-0.39, 0.29) is 12.5 Å². The summed E-state index contributed by atoms with van der Waals surface area (Å²) in [5, 5.41) is 44.7. The van der Waals surface area contributed by atoms with Crippen molar-refractivity contribution in [3.63, 3.8) is 0 Å². The van der Waals surface area contributed by atoms with Crippen molar-refractivity contribution in [3.05, 3.63) is 0 Å². The monoisotopic (exact) mass is 782 g/mol. The number of aliphatic hydroxyl groups excluding tert-OH is 4. The maximum absolute atomic E-state index is 13.0. The molecule has 6 N–H and O–H groups in total. The van der Waals surface area contributed by atoms with Gasteiger partial charge in [-0.25, -0.2) is 4.18 Å². The first kappa shape index (κ1) is 50.1. The van der Waals surface area contributed by atoms with Crippen molar-refractivity contribution in [2.45, 2.75) is 236 Å². The van der Waals surface area contributed by atoms with Crippen molar-refractivity contribution in [2.24, 2.45) is 0 Å². The van der Waals surface area contributed by atoms with Gasteiger partial charge in [-0.2, -0.15) is 8.42 Å². The normalized spacial score (nSPS) is 21.8. The Bertz CT molecular complexity index is 972. The van der Waals surface area contributed by atoms with E-state index in [1.54, 1.807) is 0 Å². The van der Waals surface area contributed by atoms with Gasteiger partial charge in [-0.1, -0.05) is 174 Å². The van der Waals surface area contributed by atoms with Gasteiger partial charge in [0.1, 0.15) is 24.4 Å². The molecular formula is C40H79NO11S. The molecule has 0 bridgehead atoms. The SMILES string of the molecule is CCCCCCCCCCCCCCCCCC(=O)NC(COC1OC(CO)C(O)C(OS(=O)(=O)O)C1O)C(O)CCCCCCCCCCCCC. The van der Waals surface area contributed by atoms with Crippen LogP contribution >= 0.6 is 0 Å². The lowest BCUT2D eigenvalue weighted by atomic mass is 9.99. The summed E-state index contributed by atoms with van der Waals surface area (Å²) in [6.45, 7) is 3.43. The lowest BCUT2D eigenvalue weighted by Crippen LogP contribution is -2.61. The van der Waals surface area contributed by atoms with Crippen molar-refractivity contribution in [1.82, 2.24) is 5.32 Å². The van der Waals surface area contributed by atoms with E-state index in [0.29, 0.717) is 12.8 Å². The number of amides is 1. The fourth-order valence-electron chi connectivity index (χ4n) is 7.05. The van der Waals surface area contributed by atoms with Crippen molar-refractivity contribution in [2.75, 3.05) is 13.2 Å². The lowest BCUT2D eigenvalue weighted by molar-refractivity contribution is -0.298. The highest BCUT2D eigenvalue weighted by Gasteiger charge is 2.48. The number of hydrogen-bond acceptors (Lipinski definition) is 10. The van der Waals surface area contributed by atoms with Gasteiger partial charge in [0.05, 0.1) is 25.4 Å². The molecule has 0 radical (unpaired) electrons. The maximum Gasteiger partial charge on any atom is 0.397 e. The van der Waals surface area contributed by atoms with Crippen LogP contribution in [0.4, 0.5) is 0 Å². The summed E-state index contributed by atoms with van der Waals surface area (Å²) in [5.41, 5.74) is 0. The van der Waals surface area contributed by atoms with Gasteiger partial charge in [0.15, 0.2) is 6.29 Å². The third kappa shape index (κ3) is 25.8. The van der Waals surface area contributed by atoms with Gasteiger partial charge in [0.25, 0.3) is 0 Å². The van der Waals surface area contributed by atoms with Gasteiger partial charge in [-0.05, 0) is 12.8 Å². The molecule has 0 aliphatic carbocycles. The molecule has 1 heterocycles. The zero-order valence-electron chi connectivity index (χ0n) is 33.3. The Balaban J connectivity index is 2.53. The van der Waals surface area contributed by atoms with Crippen molar-refractivity contribution in [3.8, 4) is 0 Å². The molecule has 1 saturated heterocycles. The third-order valence-corrected chi connectivity index (χ3v) is 10.9. The molecule has 0 aromatic carbocycles. The van der Waals surface area contributed by atoms with Gasteiger partial charge in [0.2, 0.25) is 5.91 Å². The number of unbranched alkanes of at least 4 members (excludes halogenated alkanes) is 24. The summed E-state index contributed by atoms with van der Waals surface area (Å²) < 4.78 is 47.5. The van der Waals surface area contributed by atoms with Crippen LogP contribution in [-0.4, -0.2) is 95.4 Å². The summed E-state index contributed by atoms with van der Waals surface area (Å²) in [6.07, 6.45) is 22.5. The fourth-order valence-corrected chi connectivity index (χ4v) is 7.56. The van der Waals surface area contributed by atoms with E-state index in [1.165, 1.54) is 116 Å². The second-order valence-corrected chi connectivity index (χ2v) is 16.3. The predicted molar refractivity (Wildman–Crippen MR) is 209 cm³/mol. The van der Waals surface area contributed by atoms with E-state index in [2.05, 4.69) is 23.3 Å². The number of carbonyl (C=O) groups excluding carboxylic acids is 1. The van der Waals surface area contributed by atoms with E-state index in [4.69, 9.17) is 14.0 Å². The average molecular weight is 782 g/mol. The number of rotatable bonds is 36. The first-order valence-electron chi connectivity index (χ1n) is 21.4. The molecule has 53 heavy (non-hydrogen) atoms. The molecule has 1 amide bonds. The number of aliphatic hydroxyl groups is 4. The largest absolute Gasteiger partial charge is 0.397 e. The highest BCUT2D eigenvalue weighted by molar-refractivity contribution is 7.80. The topological polar surface area (TPSA) is 192 Å². The zero-order chi connectivity index (χ0) is 39.2. The Labute approximate surface area is 322 Å². The molecular weight excluding hydrogens is 703 g/mol. The second kappa shape index (κ2) is 32.2. The number of hydrogen-bond donors (Lipinski definition) is 6. The summed E-state index contributed by atoms with van der Waals surface area (Å²) in [7, 11) is -5.07. The van der Waals surface area contributed by atoms with E-state index in [0.717, 1.165) is 51.4 Å². The van der Waals surface area contributed by atoms with Gasteiger partial charge >= 0.3 is 10.4 Å². The van der Waals surface area contributed by atoms with Crippen LogP contribution in [0.3, 0.4) is 0 Å². The first-order chi connectivity index (χ1) is 25.5. The van der Waals surface area contributed by atoms with Crippen LogP contribution < -0.4 is 5.32 Å². The second-order valence-electron chi connectivity index (χ2n) is 15.3.